The largest absolute Gasteiger partial charge is 0.497 e. The summed E-state index contributed by atoms with van der Waals surface area (Å²) in [5, 5.41) is 8.98. The Morgan fingerprint density at radius 3 is 2.42 bits per heavy atom. The van der Waals surface area contributed by atoms with E-state index in [0.29, 0.717) is 18.1 Å². The summed E-state index contributed by atoms with van der Waals surface area (Å²) in [6, 6.07) is 7.90. The minimum atomic E-state index is -0.108. The second-order valence-electron chi connectivity index (χ2n) is 6.76. The molecule has 1 aromatic carbocycles. The number of ether oxygens (including phenoxy) is 2. The molecule has 1 atom stereocenters. The van der Waals surface area contributed by atoms with E-state index in [0.717, 1.165) is 48.7 Å². The number of likely N-dealkylation sites (tertiary alicyclic amines) is 1. The fourth-order valence-electron chi connectivity index (χ4n) is 3.68. The molecule has 0 aromatic heterocycles. The van der Waals surface area contributed by atoms with Gasteiger partial charge < -0.3 is 19.5 Å². The molecule has 1 aromatic rings. The molecule has 2 aliphatic heterocycles. The summed E-state index contributed by atoms with van der Waals surface area (Å²) in [6.07, 6.45) is 2.72. The summed E-state index contributed by atoms with van der Waals surface area (Å²) in [6.45, 7) is 2.86. The Labute approximate surface area is 159 Å². The van der Waals surface area contributed by atoms with E-state index in [9.17, 15) is 4.79 Å². The lowest BCUT2D eigenvalue weighted by Gasteiger charge is -2.32. The van der Waals surface area contributed by atoms with Crippen LogP contribution in [0.2, 0.25) is 0 Å². The van der Waals surface area contributed by atoms with E-state index < -0.39 is 0 Å². The van der Waals surface area contributed by atoms with Crippen molar-refractivity contribution in [1.82, 2.24) is 4.90 Å². The summed E-state index contributed by atoms with van der Waals surface area (Å²) in [5.41, 5.74) is 1.13. The Morgan fingerprint density at radius 2 is 1.85 bits per heavy atom. The van der Waals surface area contributed by atoms with Gasteiger partial charge in [0.1, 0.15) is 5.75 Å². The molecule has 6 heteroatoms. The lowest BCUT2D eigenvalue weighted by Crippen LogP contribution is -2.35. The van der Waals surface area contributed by atoms with Gasteiger partial charge in [-0.25, -0.2) is 0 Å². The number of benzene rings is 1. The third-order valence-electron chi connectivity index (χ3n) is 5.17. The van der Waals surface area contributed by atoms with E-state index in [2.05, 4.69) is 4.90 Å². The van der Waals surface area contributed by atoms with Crippen LogP contribution in [0.4, 0.5) is 0 Å². The second kappa shape index (κ2) is 8.93. The van der Waals surface area contributed by atoms with Crippen LogP contribution < -0.4 is 4.74 Å². The van der Waals surface area contributed by atoms with Gasteiger partial charge in [0.25, 0.3) is 0 Å². The molecule has 5 nitrogen and oxygen atoms in total. The number of allylic oxidation sites excluding steroid dienone is 2. The number of ketones is 1. The first kappa shape index (κ1) is 19.3. The van der Waals surface area contributed by atoms with Crippen LogP contribution in [0.25, 0.3) is 0 Å². The third-order valence-corrected chi connectivity index (χ3v) is 6.61. The van der Waals surface area contributed by atoms with Gasteiger partial charge in [-0.3, -0.25) is 4.79 Å². The highest BCUT2D eigenvalue weighted by atomic mass is 32.2. The molecule has 3 rings (SSSR count). The number of aliphatic hydroxyl groups excluding tert-OH is 1. The molecule has 0 saturated carbocycles. The Kier molecular flexibility index (Phi) is 6.62. The molecule has 0 spiro atoms. The molecule has 1 N–H and O–H groups in total. The molecular formula is C20H27NO4S. The van der Waals surface area contributed by atoms with Crippen molar-refractivity contribution in [2.75, 3.05) is 40.5 Å². The van der Waals surface area contributed by atoms with Crippen LogP contribution in [0.3, 0.4) is 0 Å². The molecular weight excluding hydrogens is 350 g/mol. The van der Waals surface area contributed by atoms with Crippen LogP contribution in [0.15, 0.2) is 34.9 Å². The smallest absolute Gasteiger partial charge is 0.211 e. The fourth-order valence-corrected chi connectivity index (χ4v) is 5.20. The van der Waals surface area contributed by atoms with Crippen molar-refractivity contribution in [2.24, 2.45) is 5.92 Å². The van der Waals surface area contributed by atoms with Gasteiger partial charge in [-0.2, -0.15) is 0 Å². The van der Waals surface area contributed by atoms with Gasteiger partial charge in [0.15, 0.2) is 5.76 Å². The number of Topliss-reactive ketones (excluding diaryl/α,β-unsaturated/α-hetero) is 1. The van der Waals surface area contributed by atoms with E-state index in [4.69, 9.17) is 14.6 Å². The number of β-amino-alcohol motifs (C(OH)–C–C–N with tert-alkyl or cyclic N) is 1. The lowest BCUT2D eigenvalue weighted by atomic mass is 9.94. The Balaban J connectivity index is 1.65. The van der Waals surface area contributed by atoms with Crippen LogP contribution in [-0.4, -0.2) is 61.5 Å². The number of aliphatic hydroxyl groups is 1. The highest BCUT2D eigenvalue weighted by Gasteiger charge is 2.39. The molecule has 0 aliphatic carbocycles. The molecule has 2 aliphatic rings. The van der Waals surface area contributed by atoms with Crippen LogP contribution in [0.1, 0.15) is 18.4 Å². The molecule has 0 radical (unpaired) electrons. The molecule has 1 fully saturated rings. The maximum Gasteiger partial charge on any atom is 0.211 e. The lowest BCUT2D eigenvalue weighted by molar-refractivity contribution is -0.117. The monoisotopic (exact) mass is 377 g/mol. The first-order chi connectivity index (χ1) is 12.7. The third kappa shape index (κ3) is 4.24. The van der Waals surface area contributed by atoms with Crippen molar-refractivity contribution < 1.29 is 19.4 Å². The van der Waals surface area contributed by atoms with Crippen molar-refractivity contribution in [3.05, 3.63) is 40.5 Å². The van der Waals surface area contributed by atoms with Crippen molar-refractivity contribution in [3.63, 3.8) is 0 Å². The summed E-state index contributed by atoms with van der Waals surface area (Å²) in [4.78, 5) is 16.2. The number of nitrogens with zero attached hydrogens (tertiary/aromatic N) is 1. The summed E-state index contributed by atoms with van der Waals surface area (Å²) in [5.74, 6) is 1.88. The van der Waals surface area contributed by atoms with E-state index in [1.165, 1.54) is 0 Å². The second-order valence-corrected chi connectivity index (χ2v) is 8.00. The molecule has 1 saturated heterocycles. The highest BCUT2D eigenvalue weighted by Crippen LogP contribution is 2.44. The SMILES string of the molecule is COC1=C(C2CCN(CCO)CC2)SC(Cc2ccc(OC)cc2)C1=O. The van der Waals surface area contributed by atoms with Crippen molar-refractivity contribution >= 4 is 17.5 Å². The number of methoxy groups -OCH3 is 2. The van der Waals surface area contributed by atoms with Gasteiger partial charge in [0.05, 0.1) is 26.1 Å². The van der Waals surface area contributed by atoms with Gasteiger partial charge in [0.2, 0.25) is 5.78 Å². The Bertz CT molecular complexity index is 650. The molecule has 2 heterocycles. The zero-order valence-electron chi connectivity index (χ0n) is 15.4. The summed E-state index contributed by atoms with van der Waals surface area (Å²) >= 11 is 1.68. The van der Waals surface area contributed by atoms with Crippen molar-refractivity contribution in [2.45, 2.75) is 24.5 Å². The van der Waals surface area contributed by atoms with E-state index >= 15 is 0 Å². The van der Waals surface area contributed by atoms with Crippen molar-refractivity contribution in [1.29, 1.82) is 0 Å². The molecule has 142 valence electrons. The van der Waals surface area contributed by atoms with E-state index in [1.54, 1.807) is 26.0 Å². The van der Waals surface area contributed by atoms with E-state index in [1.807, 2.05) is 24.3 Å². The highest BCUT2D eigenvalue weighted by molar-refractivity contribution is 8.04. The molecule has 1 unspecified atom stereocenters. The Morgan fingerprint density at radius 1 is 1.15 bits per heavy atom. The fraction of sp³-hybridized carbons (Fsp3) is 0.550. The predicted octanol–water partition coefficient (Wildman–Crippen LogP) is 2.48. The Hall–Kier alpha value is -1.50. The number of piperidine rings is 1. The van der Waals surface area contributed by atoms with Gasteiger partial charge >= 0.3 is 0 Å². The predicted molar refractivity (Wildman–Crippen MR) is 103 cm³/mol. The van der Waals surface area contributed by atoms with Crippen LogP contribution in [-0.2, 0) is 16.0 Å². The summed E-state index contributed by atoms with van der Waals surface area (Å²) < 4.78 is 10.7. The number of thioether (sulfide) groups is 1. The first-order valence-electron chi connectivity index (χ1n) is 9.11. The van der Waals surface area contributed by atoms with Crippen LogP contribution >= 0.6 is 11.8 Å². The van der Waals surface area contributed by atoms with E-state index in [-0.39, 0.29) is 17.6 Å². The van der Waals surface area contributed by atoms with Gasteiger partial charge in [0, 0.05) is 11.4 Å². The van der Waals surface area contributed by atoms with Gasteiger partial charge in [-0.1, -0.05) is 12.1 Å². The maximum absolute atomic E-state index is 12.8. The van der Waals surface area contributed by atoms with Crippen LogP contribution in [0.5, 0.6) is 5.75 Å². The first-order valence-corrected chi connectivity index (χ1v) is 9.99. The van der Waals surface area contributed by atoms with Gasteiger partial charge in [-0.05, 0) is 56.0 Å². The number of carbonyl (C=O) groups is 1. The number of carbonyl (C=O) groups excluding carboxylic acids is 1. The standard InChI is InChI=1S/C20H27NO4S/c1-24-16-5-3-14(4-6-16)13-17-18(23)19(25-2)20(26-17)15-7-9-21(10-8-15)11-12-22/h3-6,15,17,22H,7-13H2,1-2H3. The van der Waals surface area contributed by atoms with Crippen LogP contribution in [0, 0.1) is 5.92 Å². The average Bonchev–Trinajstić information content (AvgIpc) is 2.99. The topological polar surface area (TPSA) is 59.0 Å². The molecule has 0 bridgehead atoms. The quantitative estimate of drug-likeness (QED) is 0.788. The minimum absolute atomic E-state index is 0.108. The zero-order chi connectivity index (χ0) is 18.5. The number of hydrogen-bond acceptors (Lipinski definition) is 6. The minimum Gasteiger partial charge on any atom is -0.497 e. The number of rotatable bonds is 7. The van der Waals surface area contributed by atoms with Gasteiger partial charge in [-0.15, -0.1) is 11.8 Å². The van der Waals surface area contributed by atoms with Crippen molar-refractivity contribution in [3.8, 4) is 5.75 Å². The normalized spacial score (nSPS) is 22.1. The summed E-state index contributed by atoms with van der Waals surface area (Å²) in [7, 11) is 3.25. The molecule has 0 amide bonds. The zero-order valence-corrected chi connectivity index (χ0v) is 16.3. The number of hydrogen-bond donors (Lipinski definition) is 1. The molecule has 26 heavy (non-hydrogen) atoms. The average molecular weight is 378 g/mol. The maximum atomic E-state index is 12.8.